The van der Waals surface area contributed by atoms with Crippen molar-refractivity contribution in [2.24, 2.45) is 0 Å². The number of fused-ring (bicyclic) bond motifs is 1. The number of carbonyl (C=O) groups is 1. The van der Waals surface area contributed by atoms with Gasteiger partial charge in [-0.15, -0.1) is 0 Å². The molecule has 2 heterocycles. The number of benzene rings is 1. The van der Waals surface area contributed by atoms with Crippen LogP contribution in [-0.4, -0.2) is 40.8 Å². The highest BCUT2D eigenvalue weighted by Gasteiger charge is 2.39. The van der Waals surface area contributed by atoms with E-state index in [-0.39, 0.29) is 12.0 Å². The predicted octanol–water partition coefficient (Wildman–Crippen LogP) is -0.836. The van der Waals surface area contributed by atoms with Gasteiger partial charge in [-0.3, -0.25) is 0 Å². The molecule has 0 radical (unpaired) electrons. The maximum Gasteiger partial charge on any atom is 0.337 e. The summed E-state index contributed by atoms with van der Waals surface area (Å²) in [5.74, 6) is -0.206. The molecular formula is C14H20B2N2O2. The molecule has 3 rings (SSSR count). The number of cyclic esters (lactones) is 1. The standard InChI is InChI=1S/C14H20B2N2O2/c1-7-5-17-6-11(18-7)9-3-4-10-12(8(9)2)14(15,16)20-13(10)19/h3-4,7,11,17-18H,5-6,15-16H2,1-2H3/t7-,11-/m0/s1. The van der Waals surface area contributed by atoms with E-state index in [4.69, 9.17) is 4.74 Å². The summed E-state index contributed by atoms with van der Waals surface area (Å²) in [5, 5.41) is 6.53. The van der Waals surface area contributed by atoms with E-state index in [0.717, 1.165) is 18.7 Å². The van der Waals surface area contributed by atoms with Crippen molar-refractivity contribution in [2.75, 3.05) is 13.1 Å². The Bertz CT molecular complexity index is 575. The van der Waals surface area contributed by atoms with Crippen molar-refractivity contribution in [1.82, 2.24) is 10.6 Å². The first-order chi connectivity index (χ1) is 9.40. The van der Waals surface area contributed by atoms with Crippen LogP contribution in [0.4, 0.5) is 0 Å². The van der Waals surface area contributed by atoms with Crippen LogP contribution >= 0.6 is 0 Å². The fourth-order valence-corrected chi connectivity index (χ4v) is 3.49. The van der Waals surface area contributed by atoms with Crippen molar-refractivity contribution in [3.05, 3.63) is 34.4 Å². The quantitative estimate of drug-likeness (QED) is 0.516. The number of rotatable bonds is 1. The summed E-state index contributed by atoms with van der Waals surface area (Å²) in [6.07, 6.45) is 0. The molecule has 0 bridgehead atoms. The van der Waals surface area contributed by atoms with Crippen LogP contribution in [-0.2, 0) is 10.1 Å². The molecule has 6 heteroatoms. The lowest BCUT2D eigenvalue weighted by Crippen LogP contribution is -2.49. The van der Waals surface area contributed by atoms with Gasteiger partial charge in [-0.2, -0.15) is 0 Å². The summed E-state index contributed by atoms with van der Waals surface area (Å²) < 4.78 is 5.49. The number of piperazine rings is 1. The van der Waals surface area contributed by atoms with Crippen LogP contribution in [0.3, 0.4) is 0 Å². The second-order valence-electron chi connectivity index (χ2n) is 6.38. The minimum absolute atomic E-state index is 0.206. The second kappa shape index (κ2) is 4.64. The van der Waals surface area contributed by atoms with Crippen LogP contribution in [0.15, 0.2) is 12.1 Å². The molecule has 0 aliphatic carbocycles. The SMILES string of the molecule is BC1(B)OC(=O)c2ccc([C@@H]3CNC[C@H](C)N3)c(C)c21. The van der Waals surface area contributed by atoms with Crippen molar-refractivity contribution in [2.45, 2.75) is 31.3 Å². The molecule has 0 saturated carbocycles. The fraction of sp³-hybridized carbons (Fsp3) is 0.500. The van der Waals surface area contributed by atoms with Gasteiger partial charge in [-0.25, -0.2) is 4.79 Å². The number of esters is 1. The topological polar surface area (TPSA) is 50.4 Å². The first kappa shape index (κ1) is 13.7. The zero-order chi connectivity index (χ0) is 14.5. The maximum atomic E-state index is 11.9. The molecule has 2 N–H and O–H groups in total. The molecule has 0 spiro atoms. The third-order valence-corrected chi connectivity index (χ3v) is 4.34. The number of hydrogen-bond acceptors (Lipinski definition) is 4. The van der Waals surface area contributed by atoms with Crippen LogP contribution in [0.25, 0.3) is 0 Å². The van der Waals surface area contributed by atoms with Crippen LogP contribution in [0.5, 0.6) is 0 Å². The van der Waals surface area contributed by atoms with Gasteiger partial charge in [-0.1, -0.05) is 6.07 Å². The lowest BCUT2D eigenvalue weighted by Gasteiger charge is -2.32. The van der Waals surface area contributed by atoms with Crippen molar-refractivity contribution in [3.8, 4) is 0 Å². The molecule has 20 heavy (non-hydrogen) atoms. The average Bonchev–Trinajstić information content (AvgIpc) is 2.60. The second-order valence-corrected chi connectivity index (χ2v) is 6.38. The Morgan fingerprint density at radius 1 is 1.35 bits per heavy atom. The summed E-state index contributed by atoms with van der Waals surface area (Å²) in [5.41, 5.74) is 4.19. The van der Waals surface area contributed by atoms with E-state index < -0.39 is 5.40 Å². The molecule has 1 fully saturated rings. The Morgan fingerprint density at radius 2 is 2.10 bits per heavy atom. The third kappa shape index (κ3) is 2.07. The average molecular weight is 270 g/mol. The molecule has 0 aromatic heterocycles. The van der Waals surface area contributed by atoms with E-state index in [1.54, 1.807) is 0 Å². The van der Waals surface area contributed by atoms with Gasteiger partial charge in [0.2, 0.25) is 0 Å². The molecule has 4 nitrogen and oxygen atoms in total. The Hall–Kier alpha value is -1.26. The first-order valence-corrected chi connectivity index (χ1v) is 7.24. The minimum Gasteiger partial charge on any atom is -0.470 e. The molecular weight excluding hydrogens is 250 g/mol. The zero-order valence-electron chi connectivity index (χ0n) is 12.5. The maximum absolute atomic E-state index is 11.9. The molecule has 1 aromatic rings. The summed E-state index contributed by atoms with van der Waals surface area (Å²) in [4.78, 5) is 11.9. The van der Waals surface area contributed by atoms with E-state index in [1.807, 2.05) is 21.8 Å². The highest BCUT2D eigenvalue weighted by atomic mass is 16.6. The van der Waals surface area contributed by atoms with Gasteiger partial charge in [0, 0.05) is 25.2 Å². The van der Waals surface area contributed by atoms with Crippen LogP contribution in [0.1, 0.15) is 40.0 Å². The van der Waals surface area contributed by atoms with Crippen LogP contribution in [0, 0.1) is 6.92 Å². The molecule has 2 aliphatic heterocycles. The minimum atomic E-state index is -0.528. The fourth-order valence-electron chi connectivity index (χ4n) is 3.49. The number of carbonyl (C=O) groups excluding carboxylic acids is 1. The number of nitrogens with one attached hydrogen (secondary N) is 2. The Labute approximate surface area is 121 Å². The van der Waals surface area contributed by atoms with E-state index >= 15 is 0 Å². The summed E-state index contributed by atoms with van der Waals surface area (Å²) in [7, 11) is 3.92. The molecule has 2 atom stereocenters. The Balaban J connectivity index is 2.05. The van der Waals surface area contributed by atoms with Gasteiger partial charge in [0.15, 0.2) is 15.7 Å². The van der Waals surface area contributed by atoms with Gasteiger partial charge >= 0.3 is 5.97 Å². The van der Waals surface area contributed by atoms with E-state index in [1.165, 1.54) is 11.1 Å². The summed E-state index contributed by atoms with van der Waals surface area (Å²) >= 11 is 0. The lowest BCUT2D eigenvalue weighted by molar-refractivity contribution is 0.0444. The Morgan fingerprint density at radius 3 is 2.80 bits per heavy atom. The Kier molecular flexibility index (Phi) is 3.18. The highest BCUT2D eigenvalue weighted by molar-refractivity contribution is 6.41. The van der Waals surface area contributed by atoms with Gasteiger partial charge < -0.3 is 15.4 Å². The van der Waals surface area contributed by atoms with Crippen molar-refractivity contribution < 1.29 is 9.53 Å². The molecule has 0 amide bonds. The van der Waals surface area contributed by atoms with Gasteiger partial charge in [0.25, 0.3) is 0 Å². The lowest BCUT2D eigenvalue weighted by atomic mass is 9.60. The third-order valence-electron chi connectivity index (χ3n) is 4.34. The molecule has 1 saturated heterocycles. The van der Waals surface area contributed by atoms with Gasteiger partial charge in [-0.05, 0) is 36.6 Å². The van der Waals surface area contributed by atoms with Crippen molar-refractivity contribution in [3.63, 3.8) is 0 Å². The normalized spacial score (nSPS) is 28.0. The largest absolute Gasteiger partial charge is 0.470 e. The van der Waals surface area contributed by atoms with E-state index in [0.29, 0.717) is 11.6 Å². The predicted molar refractivity (Wildman–Crippen MR) is 83.6 cm³/mol. The highest BCUT2D eigenvalue weighted by Crippen LogP contribution is 2.37. The number of hydrogen-bond donors (Lipinski definition) is 2. The molecule has 104 valence electrons. The van der Waals surface area contributed by atoms with Gasteiger partial charge in [0.05, 0.1) is 11.0 Å². The summed E-state index contributed by atoms with van der Waals surface area (Å²) in [6.45, 7) is 6.18. The number of ether oxygens (including phenoxy) is 1. The first-order valence-electron chi connectivity index (χ1n) is 7.24. The van der Waals surface area contributed by atoms with Gasteiger partial charge in [0.1, 0.15) is 0 Å². The van der Waals surface area contributed by atoms with E-state index in [2.05, 4.69) is 30.5 Å². The van der Waals surface area contributed by atoms with Crippen molar-refractivity contribution >= 4 is 21.7 Å². The zero-order valence-corrected chi connectivity index (χ0v) is 12.5. The van der Waals surface area contributed by atoms with Crippen molar-refractivity contribution in [1.29, 1.82) is 0 Å². The molecule has 2 aliphatic rings. The van der Waals surface area contributed by atoms with E-state index in [9.17, 15) is 4.79 Å². The van der Waals surface area contributed by atoms with Crippen LogP contribution in [0.2, 0.25) is 0 Å². The smallest absolute Gasteiger partial charge is 0.337 e. The molecule has 0 unspecified atom stereocenters. The molecule has 1 aromatic carbocycles. The summed E-state index contributed by atoms with van der Waals surface area (Å²) in [6, 6.07) is 4.71. The van der Waals surface area contributed by atoms with Crippen LogP contribution < -0.4 is 10.6 Å². The monoisotopic (exact) mass is 270 g/mol.